The van der Waals surface area contributed by atoms with Crippen LogP contribution in [0.3, 0.4) is 0 Å². The Labute approximate surface area is 120 Å². The molecule has 0 saturated heterocycles. The molecule has 1 N–H and O–H groups in total. The van der Waals surface area contributed by atoms with E-state index in [-0.39, 0.29) is 12.4 Å². The zero-order valence-corrected chi connectivity index (χ0v) is 10.9. The lowest BCUT2D eigenvalue weighted by molar-refractivity contribution is -0.131. The average molecular weight is 290 g/mol. The van der Waals surface area contributed by atoms with Crippen LogP contribution >= 0.6 is 0 Å². The quantitative estimate of drug-likeness (QED) is 0.855. The van der Waals surface area contributed by atoms with Crippen molar-refractivity contribution in [2.45, 2.75) is 6.61 Å². The van der Waals surface area contributed by atoms with Crippen molar-refractivity contribution in [2.75, 3.05) is 0 Å². The second-order valence-electron chi connectivity index (χ2n) is 4.28. The van der Waals surface area contributed by atoms with Crippen LogP contribution in [0.1, 0.15) is 11.1 Å². The Kier molecular flexibility index (Phi) is 4.66. The van der Waals surface area contributed by atoms with Gasteiger partial charge >= 0.3 is 5.97 Å². The first-order chi connectivity index (χ1) is 10.0. The zero-order chi connectivity index (χ0) is 15.2. The highest BCUT2D eigenvalue weighted by molar-refractivity contribution is 5.85. The standard InChI is InChI=1S/C16H12F2O3/c17-13-5-6-15(14(18)9-13)21-10-12-3-1-2-11(8-12)4-7-16(19)20/h1-9H,10H2,(H,19,20). The molecule has 0 spiro atoms. The Bertz CT molecular complexity index is 681. The van der Waals surface area contributed by atoms with E-state index in [1.165, 1.54) is 12.1 Å². The first-order valence-electron chi connectivity index (χ1n) is 6.12. The fraction of sp³-hybridized carbons (Fsp3) is 0.0625. The second kappa shape index (κ2) is 6.65. The molecule has 5 heteroatoms. The predicted octanol–water partition coefficient (Wildman–Crippen LogP) is 3.64. The van der Waals surface area contributed by atoms with Crippen LogP contribution in [0.5, 0.6) is 5.75 Å². The van der Waals surface area contributed by atoms with Crippen molar-refractivity contribution in [3.63, 3.8) is 0 Å². The van der Waals surface area contributed by atoms with Gasteiger partial charge in [0.1, 0.15) is 12.4 Å². The Morgan fingerprint density at radius 1 is 1.19 bits per heavy atom. The maximum absolute atomic E-state index is 13.4. The summed E-state index contributed by atoms with van der Waals surface area (Å²) in [5, 5.41) is 8.57. The molecular weight excluding hydrogens is 278 g/mol. The minimum atomic E-state index is -1.04. The van der Waals surface area contributed by atoms with E-state index in [9.17, 15) is 13.6 Å². The largest absolute Gasteiger partial charge is 0.486 e. The zero-order valence-electron chi connectivity index (χ0n) is 10.9. The fourth-order valence-corrected chi connectivity index (χ4v) is 1.71. The minimum Gasteiger partial charge on any atom is -0.486 e. The van der Waals surface area contributed by atoms with Crippen LogP contribution in [0.15, 0.2) is 48.5 Å². The molecule has 0 fully saturated rings. The van der Waals surface area contributed by atoms with Crippen molar-refractivity contribution in [1.82, 2.24) is 0 Å². The van der Waals surface area contributed by atoms with Gasteiger partial charge in [0, 0.05) is 12.1 Å². The maximum atomic E-state index is 13.4. The SMILES string of the molecule is O=C(O)C=Cc1cccc(COc2ccc(F)cc2F)c1. The van der Waals surface area contributed by atoms with Crippen molar-refractivity contribution in [3.05, 3.63) is 71.3 Å². The molecule has 21 heavy (non-hydrogen) atoms. The first kappa shape index (κ1) is 14.7. The van der Waals surface area contributed by atoms with Crippen molar-refractivity contribution in [3.8, 4) is 5.75 Å². The van der Waals surface area contributed by atoms with Crippen LogP contribution < -0.4 is 4.74 Å². The Hall–Kier alpha value is -2.69. The number of rotatable bonds is 5. The topological polar surface area (TPSA) is 46.5 Å². The lowest BCUT2D eigenvalue weighted by atomic mass is 10.1. The van der Waals surface area contributed by atoms with Crippen LogP contribution in [0.4, 0.5) is 8.78 Å². The summed E-state index contributed by atoms with van der Waals surface area (Å²) in [7, 11) is 0. The van der Waals surface area contributed by atoms with Gasteiger partial charge < -0.3 is 9.84 Å². The number of aliphatic carboxylic acids is 1. The molecular formula is C16H12F2O3. The molecule has 0 radical (unpaired) electrons. The molecule has 2 rings (SSSR count). The molecule has 0 aliphatic carbocycles. The molecule has 0 aromatic heterocycles. The number of carboxylic acids is 1. The van der Waals surface area contributed by atoms with E-state index in [0.717, 1.165) is 23.8 Å². The van der Waals surface area contributed by atoms with Crippen LogP contribution in [0.25, 0.3) is 6.08 Å². The van der Waals surface area contributed by atoms with E-state index >= 15 is 0 Å². The molecule has 0 bridgehead atoms. The van der Waals surface area contributed by atoms with Crippen LogP contribution in [-0.2, 0) is 11.4 Å². The highest BCUT2D eigenvalue weighted by Gasteiger charge is 2.05. The van der Waals surface area contributed by atoms with E-state index in [2.05, 4.69) is 0 Å². The Morgan fingerprint density at radius 3 is 2.71 bits per heavy atom. The third-order valence-corrected chi connectivity index (χ3v) is 2.66. The van der Waals surface area contributed by atoms with Crippen molar-refractivity contribution in [2.24, 2.45) is 0 Å². The normalized spacial score (nSPS) is 10.8. The molecule has 0 atom stereocenters. The Morgan fingerprint density at radius 2 is 2.00 bits per heavy atom. The van der Waals surface area contributed by atoms with Gasteiger partial charge in [-0.15, -0.1) is 0 Å². The highest BCUT2D eigenvalue weighted by Crippen LogP contribution is 2.19. The van der Waals surface area contributed by atoms with E-state index in [0.29, 0.717) is 5.56 Å². The summed E-state index contributed by atoms with van der Waals surface area (Å²) in [6, 6.07) is 10.0. The number of ether oxygens (including phenoxy) is 1. The van der Waals surface area contributed by atoms with E-state index in [1.807, 2.05) is 0 Å². The molecule has 0 unspecified atom stereocenters. The van der Waals surface area contributed by atoms with E-state index in [4.69, 9.17) is 9.84 Å². The number of hydrogen-bond acceptors (Lipinski definition) is 2. The lowest BCUT2D eigenvalue weighted by Crippen LogP contribution is -1.98. The van der Waals surface area contributed by atoms with Crippen molar-refractivity contribution < 1.29 is 23.4 Å². The highest BCUT2D eigenvalue weighted by atomic mass is 19.1. The maximum Gasteiger partial charge on any atom is 0.328 e. The van der Waals surface area contributed by atoms with Gasteiger partial charge in [0.2, 0.25) is 0 Å². The smallest absolute Gasteiger partial charge is 0.328 e. The molecule has 0 heterocycles. The summed E-state index contributed by atoms with van der Waals surface area (Å²) >= 11 is 0. The lowest BCUT2D eigenvalue weighted by Gasteiger charge is -2.08. The number of hydrogen-bond donors (Lipinski definition) is 1. The van der Waals surface area contributed by atoms with Gasteiger partial charge in [-0.3, -0.25) is 0 Å². The molecule has 2 aromatic carbocycles. The molecule has 0 aliphatic heterocycles. The molecule has 108 valence electrons. The third kappa shape index (κ3) is 4.42. The van der Waals surface area contributed by atoms with Gasteiger partial charge in [-0.05, 0) is 35.4 Å². The van der Waals surface area contributed by atoms with Gasteiger partial charge in [0.05, 0.1) is 0 Å². The number of carbonyl (C=O) groups is 1. The van der Waals surface area contributed by atoms with Crippen molar-refractivity contribution >= 4 is 12.0 Å². The van der Waals surface area contributed by atoms with E-state index < -0.39 is 17.6 Å². The summed E-state index contributed by atoms with van der Waals surface area (Å²) in [6.07, 6.45) is 2.48. The number of carboxylic acid groups (broad SMARTS) is 1. The second-order valence-corrected chi connectivity index (χ2v) is 4.28. The minimum absolute atomic E-state index is 0.0390. The van der Waals surface area contributed by atoms with Crippen LogP contribution in [-0.4, -0.2) is 11.1 Å². The summed E-state index contributed by atoms with van der Waals surface area (Å²) in [6.45, 7) is 0.0945. The number of halogens is 2. The third-order valence-electron chi connectivity index (χ3n) is 2.66. The fourth-order valence-electron chi connectivity index (χ4n) is 1.71. The first-order valence-corrected chi connectivity index (χ1v) is 6.12. The van der Waals surface area contributed by atoms with Crippen LogP contribution in [0.2, 0.25) is 0 Å². The molecule has 3 nitrogen and oxygen atoms in total. The summed E-state index contributed by atoms with van der Waals surface area (Å²) in [5.74, 6) is -2.51. The molecule has 2 aromatic rings. The van der Waals surface area contributed by atoms with Gasteiger partial charge in [-0.25, -0.2) is 13.6 Å². The predicted molar refractivity (Wildman–Crippen MR) is 73.8 cm³/mol. The van der Waals surface area contributed by atoms with Gasteiger partial charge in [-0.1, -0.05) is 18.2 Å². The monoisotopic (exact) mass is 290 g/mol. The van der Waals surface area contributed by atoms with Crippen molar-refractivity contribution in [1.29, 1.82) is 0 Å². The summed E-state index contributed by atoms with van der Waals surface area (Å²) in [4.78, 5) is 10.4. The van der Waals surface area contributed by atoms with Gasteiger partial charge in [0.25, 0.3) is 0 Å². The van der Waals surface area contributed by atoms with Crippen LogP contribution in [0, 0.1) is 11.6 Å². The summed E-state index contributed by atoms with van der Waals surface area (Å²) in [5.41, 5.74) is 1.43. The van der Waals surface area contributed by atoms with Gasteiger partial charge in [-0.2, -0.15) is 0 Å². The van der Waals surface area contributed by atoms with E-state index in [1.54, 1.807) is 24.3 Å². The molecule has 0 aliphatic rings. The van der Waals surface area contributed by atoms with Gasteiger partial charge in [0.15, 0.2) is 11.6 Å². The number of benzene rings is 2. The molecule has 0 amide bonds. The average Bonchev–Trinajstić information content (AvgIpc) is 2.45. The molecule has 0 saturated carbocycles. The summed E-state index contributed by atoms with van der Waals surface area (Å²) < 4.78 is 31.4. The Balaban J connectivity index is 2.06.